The van der Waals surface area contributed by atoms with Crippen LogP contribution in [-0.4, -0.2) is 23.3 Å². The first-order valence-corrected chi connectivity index (χ1v) is 9.27. The Morgan fingerprint density at radius 2 is 2.04 bits per heavy atom. The largest absolute Gasteiger partial charge is 0.481 e. The highest BCUT2D eigenvalue weighted by Crippen LogP contribution is 2.35. The number of hydrogen-bond acceptors (Lipinski definition) is 4. The van der Waals surface area contributed by atoms with E-state index in [4.69, 9.17) is 4.74 Å². The van der Waals surface area contributed by atoms with Gasteiger partial charge in [-0.3, -0.25) is 9.78 Å². The lowest BCUT2D eigenvalue weighted by Gasteiger charge is -2.25. The van der Waals surface area contributed by atoms with Crippen molar-refractivity contribution >= 4 is 28.6 Å². The second-order valence-corrected chi connectivity index (χ2v) is 7.05. The molecular weight excluding hydrogens is 332 g/mol. The van der Waals surface area contributed by atoms with E-state index in [1.807, 2.05) is 54.2 Å². The third kappa shape index (κ3) is 3.46. The summed E-state index contributed by atoms with van der Waals surface area (Å²) in [7, 11) is 0. The summed E-state index contributed by atoms with van der Waals surface area (Å²) >= 11 is 1.84. The summed E-state index contributed by atoms with van der Waals surface area (Å²) in [4.78, 5) is 18.0. The van der Waals surface area contributed by atoms with Gasteiger partial charge in [0.15, 0.2) is 6.61 Å². The van der Waals surface area contributed by atoms with E-state index in [-0.39, 0.29) is 18.6 Å². The molecule has 0 fully saturated rings. The molecule has 0 radical (unpaired) electrons. The number of carbonyl (C=O) groups excluding carboxylic acids is 1. The van der Waals surface area contributed by atoms with Gasteiger partial charge >= 0.3 is 0 Å². The van der Waals surface area contributed by atoms with E-state index in [2.05, 4.69) is 22.4 Å². The summed E-state index contributed by atoms with van der Waals surface area (Å²) in [6.07, 6.45) is 2.66. The molecule has 0 saturated heterocycles. The minimum atomic E-state index is -0.111. The summed E-state index contributed by atoms with van der Waals surface area (Å²) < 4.78 is 5.73. The lowest BCUT2D eigenvalue weighted by atomic mass is 10.0. The number of ether oxygens (including phenoxy) is 1. The summed E-state index contributed by atoms with van der Waals surface area (Å²) in [6.45, 7) is -0.0124. The summed E-state index contributed by atoms with van der Waals surface area (Å²) in [5.74, 6) is 1.53. The quantitative estimate of drug-likeness (QED) is 0.774. The van der Waals surface area contributed by atoms with Crippen molar-refractivity contribution in [2.45, 2.75) is 17.4 Å². The van der Waals surface area contributed by atoms with Gasteiger partial charge in [-0.1, -0.05) is 36.4 Å². The van der Waals surface area contributed by atoms with Crippen LogP contribution in [0.25, 0.3) is 10.9 Å². The van der Waals surface area contributed by atoms with Crippen molar-refractivity contribution in [1.29, 1.82) is 0 Å². The van der Waals surface area contributed by atoms with Gasteiger partial charge in [-0.05, 0) is 30.2 Å². The van der Waals surface area contributed by atoms with E-state index in [0.29, 0.717) is 5.75 Å². The fraction of sp³-hybridized carbons (Fsp3) is 0.200. The van der Waals surface area contributed by atoms with Crippen molar-refractivity contribution in [3.8, 4) is 5.75 Å². The van der Waals surface area contributed by atoms with Gasteiger partial charge < -0.3 is 10.1 Å². The number of fused-ring (bicyclic) bond motifs is 2. The van der Waals surface area contributed by atoms with Crippen molar-refractivity contribution in [1.82, 2.24) is 10.3 Å². The lowest BCUT2D eigenvalue weighted by molar-refractivity contribution is -0.123. The maximum atomic E-state index is 12.4. The van der Waals surface area contributed by atoms with Crippen LogP contribution in [0.1, 0.15) is 18.0 Å². The van der Waals surface area contributed by atoms with E-state index >= 15 is 0 Å². The second kappa shape index (κ2) is 7.15. The molecule has 3 aromatic rings. The molecule has 4 nitrogen and oxygen atoms in total. The van der Waals surface area contributed by atoms with Crippen LogP contribution in [0.3, 0.4) is 0 Å². The molecule has 1 aromatic heterocycles. The van der Waals surface area contributed by atoms with Crippen LogP contribution >= 0.6 is 11.8 Å². The number of nitrogens with zero attached hydrogens (tertiary/aromatic N) is 1. The number of hydrogen-bond donors (Lipinski definition) is 1. The number of nitrogens with one attached hydrogen (secondary N) is 1. The number of aromatic nitrogens is 1. The molecule has 0 bridgehead atoms. The number of rotatable bonds is 4. The Kier molecular flexibility index (Phi) is 4.57. The van der Waals surface area contributed by atoms with Gasteiger partial charge in [0.05, 0.1) is 6.04 Å². The third-order valence-corrected chi connectivity index (χ3v) is 5.37. The van der Waals surface area contributed by atoms with Crippen LogP contribution < -0.4 is 10.1 Å². The van der Waals surface area contributed by atoms with Gasteiger partial charge in [0.25, 0.3) is 5.91 Å². The Labute approximate surface area is 150 Å². The van der Waals surface area contributed by atoms with E-state index in [1.54, 1.807) is 6.20 Å². The molecule has 25 heavy (non-hydrogen) atoms. The Bertz CT molecular complexity index is 908. The van der Waals surface area contributed by atoms with Gasteiger partial charge in [-0.25, -0.2) is 0 Å². The SMILES string of the molecule is O=C(COc1cccc2cccnc12)NC1CCSc2ccccc21. The molecule has 2 heterocycles. The Morgan fingerprint density at radius 3 is 3.00 bits per heavy atom. The van der Waals surface area contributed by atoms with Crippen molar-refractivity contribution in [3.63, 3.8) is 0 Å². The molecule has 0 aliphatic carbocycles. The van der Waals surface area contributed by atoms with Crippen LogP contribution in [0.5, 0.6) is 5.75 Å². The molecule has 4 rings (SSSR count). The normalized spacial score (nSPS) is 16.2. The molecule has 1 unspecified atom stereocenters. The number of amides is 1. The molecule has 5 heteroatoms. The molecular formula is C20H18N2O2S. The Morgan fingerprint density at radius 1 is 1.16 bits per heavy atom. The maximum absolute atomic E-state index is 12.4. The number of pyridine rings is 1. The number of carbonyl (C=O) groups is 1. The standard InChI is InChI=1S/C20H18N2O2S/c23-19(22-16-10-12-25-18-9-2-1-7-15(16)18)13-24-17-8-3-5-14-6-4-11-21-20(14)17/h1-9,11,16H,10,12-13H2,(H,22,23). The van der Waals surface area contributed by atoms with Crippen LogP contribution in [0.4, 0.5) is 0 Å². The highest BCUT2D eigenvalue weighted by Gasteiger charge is 2.22. The first-order chi connectivity index (χ1) is 12.3. The van der Waals surface area contributed by atoms with E-state index in [0.717, 1.165) is 23.1 Å². The van der Waals surface area contributed by atoms with E-state index < -0.39 is 0 Å². The first kappa shape index (κ1) is 16.0. The van der Waals surface area contributed by atoms with Crippen LogP contribution in [0, 0.1) is 0 Å². The number of benzene rings is 2. The summed E-state index contributed by atoms with van der Waals surface area (Å²) in [5.41, 5.74) is 1.97. The average Bonchev–Trinajstić information content (AvgIpc) is 2.66. The molecule has 1 aliphatic rings. The molecule has 1 atom stereocenters. The maximum Gasteiger partial charge on any atom is 0.258 e. The number of thioether (sulfide) groups is 1. The van der Waals surface area contributed by atoms with Gasteiger partial charge in [0.1, 0.15) is 11.3 Å². The van der Waals surface area contributed by atoms with E-state index in [9.17, 15) is 4.79 Å². The summed E-state index contributed by atoms with van der Waals surface area (Å²) in [5, 5.41) is 4.09. The molecule has 126 valence electrons. The minimum Gasteiger partial charge on any atom is -0.481 e. The Balaban J connectivity index is 1.43. The molecule has 0 saturated carbocycles. The highest BCUT2D eigenvalue weighted by molar-refractivity contribution is 7.99. The zero-order chi connectivity index (χ0) is 17.1. The molecule has 1 N–H and O–H groups in total. The molecule has 0 spiro atoms. The van der Waals surface area contributed by atoms with Gasteiger partial charge in [-0.15, -0.1) is 11.8 Å². The van der Waals surface area contributed by atoms with Gasteiger partial charge in [0, 0.05) is 22.2 Å². The monoisotopic (exact) mass is 350 g/mol. The average molecular weight is 350 g/mol. The zero-order valence-electron chi connectivity index (χ0n) is 13.6. The molecule has 1 amide bonds. The Hall–Kier alpha value is -2.53. The fourth-order valence-corrected chi connectivity index (χ4v) is 4.19. The number of para-hydroxylation sites is 1. The molecule has 2 aromatic carbocycles. The first-order valence-electron chi connectivity index (χ1n) is 8.29. The van der Waals surface area contributed by atoms with E-state index in [1.165, 1.54) is 10.5 Å². The second-order valence-electron chi connectivity index (χ2n) is 5.92. The van der Waals surface area contributed by atoms with Crippen molar-refractivity contribution in [2.75, 3.05) is 12.4 Å². The van der Waals surface area contributed by atoms with Crippen molar-refractivity contribution < 1.29 is 9.53 Å². The predicted octanol–water partition coefficient (Wildman–Crippen LogP) is 3.97. The van der Waals surface area contributed by atoms with Gasteiger partial charge in [-0.2, -0.15) is 0 Å². The van der Waals surface area contributed by atoms with Crippen LogP contribution in [0.2, 0.25) is 0 Å². The van der Waals surface area contributed by atoms with Crippen LogP contribution in [0.15, 0.2) is 65.7 Å². The fourth-order valence-electron chi connectivity index (χ4n) is 3.06. The zero-order valence-corrected chi connectivity index (χ0v) is 14.5. The topological polar surface area (TPSA) is 51.2 Å². The third-order valence-electron chi connectivity index (χ3n) is 4.25. The van der Waals surface area contributed by atoms with Gasteiger partial charge in [0.2, 0.25) is 0 Å². The molecule has 1 aliphatic heterocycles. The minimum absolute atomic E-state index is 0.0124. The highest BCUT2D eigenvalue weighted by atomic mass is 32.2. The van der Waals surface area contributed by atoms with Crippen molar-refractivity contribution in [2.24, 2.45) is 0 Å². The smallest absolute Gasteiger partial charge is 0.258 e. The summed E-state index contributed by atoms with van der Waals surface area (Å²) in [6, 6.07) is 17.9. The van der Waals surface area contributed by atoms with Crippen LogP contribution in [-0.2, 0) is 4.79 Å². The predicted molar refractivity (Wildman–Crippen MR) is 99.9 cm³/mol. The van der Waals surface area contributed by atoms with Crippen molar-refractivity contribution in [3.05, 3.63) is 66.4 Å². The lowest BCUT2D eigenvalue weighted by Crippen LogP contribution is -2.34.